The SMILES string of the molecule is CCOc1cc(CNC(=O)N2CCC(c3cnc[nH]3)CC2)ccc1OC. The first kappa shape index (κ1) is 18.1. The van der Waals surface area contributed by atoms with Gasteiger partial charge in [0.25, 0.3) is 0 Å². The van der Waals surface area contributed by atoms with Crippen LogP contribution in [0.1, 0.15) is 36.9 Å². The standard InChI is InChI=1S/C19H26N4O3/c1-3-26-18-10-14(4-5-17(18)25-2)11-21-19(24)23-8-6-15(7-9-23)16-12-20-13-22-16/h4-5,10,12-13,15H,3,6-9,11H2,1-2H3,(H,20,22)(H,21,24). The zero-order chi connectivity index (χ0) is 18.4. The quantitative estimate of drug-likeness (QED) is 0.832. The summed E-state index contributed by atoms with van der Waals surface area (Å²) < 4.78 is 10.9. The second-order valence-electron chi connectivity index (χ2n) is 6.35. The highest BCUT2D eigenvalue weighted by molar-refractivity contribution is 5.74. The minimum Gasteiger partial charge on any atom is -0.493 e. The van der Waals surface area contributed by atoms with Crippen LogP contribution in [0.5, 0.6) is 11.5 Å². The van der Waals surface area contributed by atoms with Gasteiger partial charge in [0.15, 0.2) is 11.5 Å². The molecule has 1 fully saturated rings. The van der Waals surface area contributed by atoms with E-state index in [9.17, 15) is 4.79 Å². The molecule has 0 bridgehead atoms. The molecule has 1 aliphatic rings. The second-order valence-corrected chi connectivity index (χ2v) is 6.35. The normalized spacial score (nSPS) is 14.9. The van der Waals surface area contributed by atoms with E-state index >= 15 is 0 Å². The Labute approximate surface area is 153 Å². The van der Waals surface area contributed by atoms with Crippen molar-refractivity contribution < 1.29 is 14.3 Å². The molecule has 0 spiro atoms. The first-order chi connectivity index (χ1) is 12.7. The van der Waals surface area contributed by atoms with Gasteiger partial charge in [-0.3, -0.25) is 0 Å². The van der Waals surface area contributed by atoms with Crippen LogP contribution in [0.3, 0.4) is 0 Å². The first-order valence-corrected chi connectivity index (χ1v) is 9.02. The van der Waals surface area contributed by atoms with Crippen molar-refractivity contribution in [3.8, 4) is 11.5 Å². The Balaban J connectivity index is 1.50. The van der Waals surface area contributed by atoms with Gasteiger partial charge in [-0.2, -0.15) is 0 Å². The summed E-state index contributed by atoms with van der Waals surface area (Å²) in [6, 6.07) is 5.68. The fourth-order valence-corrected chi connectivity index (χ4v) is 3.27. The number of hydrogen-bond acceptors (Lipinski definition) is 4. The van der Waals surface area contributed by atoms with Crippen molar-refractivity contribution in [2.24, 2.45) is 0 Å². The van der Waals surface area contributed by atoms with Crippen molar-refractivity contribution in [1.82, 2.24) is 20.2 Å². The molecular formula is C19H26N4O3. The molecule has 0 unspecified atom stereocenters. The van der Waals surface area contributed by atoms with Crippen LogP contribution >= 0.6 is 0 Å². The van der Waals surface area contributed by atoms with Crippen LogP contribution in [-0.2, 0) is 6.54 Å². The van der Waals surface area contributed by atoms with E-state index in [2.05, 4.69) is 15.3 Å². The summed E-state index contributed by atoms with van der Waals surface area (Å²) in [6.07, 6.45) is 5.49. The average molecular weight is 358 g/mol. The van der Waals surface area contributed by atoms with E-state index in [4.69, 9.17) is 9.47 Å². The lowest BCUT2D eigenvalue weighted by atomic mass is 9.94. The number of nitrogens with one attached hydrogen (secondary N) is 2. The molecule has 1 saturated heterocycles. The van der Waals surface area contributed by atoms with Gasteiger partial charge >= 0.3 is 6.03 Å². The number of piperidine rings is 1. The molecule has 2 aromatic rings. The van der Waals surface area contributed by atoms with Crippen LogP contribution < -0.4 is 14.8 Å². The Kier molecular flexibility index (Phi) is 5.99. The number of carbonyl (C=O) groups is 1. The number of ether oxygens (including phenoxy) is 2. The van der Waals surface area contributed by atoms with Gasteiger partial charge in [-0.15, -0.1) is 0 Å². The van der Waals surface area contributed by atoms with E-state index in [1.165, 1.54) is 0 Å². The Hall–Kier alpha value is -2.70. The minimum atomic E-state index is -0.0261. The Bertz CT molecular complexity index is 710. The van der Waals surface area contributed by atoms with Crippen molar-refractivity contribution in [2.75, 3.05) is 26.8 Å². The molecule has 0 radical (unpaired) electrons. The number of likely N-dealkylation sites (tertiary alicyclic amines) is 1. The first-order valence-electron chi connectivity index (χ1n) is 9.02. The lowest BCUT2D eigenvalue weighted by Gasteiger charge is -2.31. The Morgan fingerprint density at radius 3 is 2.81 bits per heavy atom. The molecular weight excluding hydrogens is 332 g/mol. The third kappa shape index (κ3) is 4.28. The molecule has 1 aliphatic heterocycles. The molecule has 1 aromatic heterocycles. The fraction of sp³-hybridized carbons (Fsp3) is 0.474. The average Bonchev–Trinajstić information content (AvgIpc) is 3.21. The number of benzene rings is 1. The minimum absolute atomic E-state index is 0.0261. The van der Waals surface area contributed by atoms with Crippen LogP contribution in [0.2, 0.25) is 0 Å². The molecule has 0 saturated carbocycles. The number of methoxy groups -OCH3 is 1. The lowest BCUT2D eigenvalue weighted by Crippen LogP contribution is -2.43. The molecule has 2 amide bonds. The van der Waals surface area contributed by atoms with Gasteiger partial charge in [-0.1, -0.05) is 6.07 Å². The molecule has 26 heavy (non-hydrogen) atoms. The maximum atomic E-state index is 12.4. The number of imidazole rings is 1. The number of nitrogens with zero attached hydrogens (tertiary/aromatic N) is 2. The Morgan fingerprint density at radius 2 is 2.15 bits per heavy atom. The second kappa shape index (κ2) is 8.60. The maximum absolute atomic E-state index is 12.4. The number of rotatable bonds is 6. The molecule has 0 atom stereocenters. The van der Waals surface area contributed by atoms with Gasteiger partial charge in [0.2, 0.25) is 0 Å². The highest BCUT2D eigenvalue weighted by Gasteiger charge is 2.24. The van der Waals surface area contributed by atoms with E-state index in [-0.39, 0.29) is 6.03 Å². The van der Waals surface area contributed by atoms with Crippen LogP contribution in [0.25, 0.3) is 0 Å². The highest BCUT2D eigenvalue weighted by atomic mass is 16.5. The van der Waals surface area contributed by atoms with Crippen LogP contribution in [0.4, 0.5) is 4.79 Å². The summed E-state index contributed by atoms with van der Waals surface area (Å²) in [5.74, 6) is 1.85. The molecule has 2 heterocycles. The third-order valence-electron chi connectivity index (χ3n) is 4.71. The van der Waals surface area contributed by atoms with Gasteiger partial charge in [-0.05, 0) is 37.5 Å². The number of hydrogen-bond donors (Lipinski definition) is 2. The summed E-state index contributed by atoms with van der Waals surface area (Å²) in [5.41, 5.74) is 2.14. The monoisotopic (exact) mass is 358 g/mol. The zero-order valence-electron chi connectivity index (χ0n) is 15.3. The summed E-state index contributed by atoms with van der Waals surface area (Å²) in [5, 5.41) is 3.00. The third-order valence-corrected chi connectivity index (χ3v) is 4.71. The molecule has 7 nitrogen and oxygen atoms in total. The number of aromatic nitrogens is 2. The number of aromatic amines is 1. The number of amides is 2. The van der Waals surface area contributed by atoms with Crippen molar-refractivity contribution in [3.05, 3.63) is 42.0 Å². The molecule has 7 heteroatoms. The number of H-pyrrole nitrogens is 1. The molecule has 2 N–H and O–H groups in total. The molecule has 3 rings (SSSR count). The van der Waals surface area contributed by atoms with E-state index in [1.54, 1.807) is 13.4 Å². The molecule has 0 aliphatic carbocycles. The largest absolute Gasteiger partial charge is 0.493 e. The van der Waals surface area contributed by atoms with Gasteiger partial charge in [0.1, 0.15) is 0 Å². The zero-order valence-corrected chi connectivity index (χ0v) is 15.3. The smallest absolute Gasteiger partial charge is 0.317 e. The van der Waals surface area contributed by atoms with E-state index in [0.717, 1.165) is 37.2 Å². The molecule has 1 aromatic carbocycles. The van der Waals surface area contributed by atoms with Gasteiger partial charge in [-0.25, -0.2) is 9.78 Å². The maximum Gasteiger partial charge on any atom is 0.317 e. The summed E-state index contributed by atoms with van der Waals surface area (Å²) in [4.78, 5) is 21.6. The van der Waals surface area contributed by atoms with Crippen LogP contribution in [0.15, 0.2) is 30.7 Å². The van der Waals surface area contributed by atoms with Crippen molar-refractivity contribution in [2.45, 2.75) is 32.2 Å². The van der Waals surface area contributed by atoms with Gasteiger partial charge < -0.3 is 24.7 Å². The lowest BCUT2D eigenvalue weighted by molar-refractivity contribution is 0.180. The molecule has 140 valence electrons. The summed E-state index contributed by atoms with van der Waals surface area (Å²) in [7, 11) is 1.62. The van der Waals surface area contributed by atoms with Crippen molar-refractivity contribution in [1.29, 1.82) is 0 Å². The van der Waals surface area contributed by atoms with Crippen LogP contribution in [-0.4, -0.2) is 47.7 Å². The fourth-order valence-electron chi connectivity index (χ4n) is 3.27. The van der Waals surface area contributed by atoms with Crippen LogP contribution in [0, 0.1) is 0 Å². The van der Waals surface area contributed by atoms with E-state index in [1.807, 2.05) is 36.2 Å². The number of urea groups is 1. The predicted octanol–water partition coefficient (Wildman–Crippen LogP) is 2.91. The van der Waals surface area contributed by atoms with Gasteiger partial charge in [0, 0.05) is 37.4 Å². The van der Waals surface area contributed by atoms with Crippen molar-refractivity contribution >= 4 is 6.03 Å². The predicted molar refractivity (Wildman–Crippen MR) is 98.5 cm³/mol. The number of carbonyl (C=O) groups excluding carboxylic acids is 1. The van der Waals surface area contributed by atoms with Crippen molar-refractivity contribution in [3.63, 3.8) is 0 Å². The highest BCUT2D eigenvalue weighted by Crippen LogP contribution is 2.28. The summed E-state index contributed by atoms with van der Waals surface area (Å²) >= 11 is 0. The van der Waals surface area contributed by atoms with E-state index < -0.39 is 0 Å². The van der Waals surface area contributed by atoms with Gasteiger partial charge in [0.05, 0.1) is 20.0 Å². The summed E-state index contributed by atoms with van der Waals surface area (Å²) in [6.45, 7) is 4.46. The topological polar surface area (TPSA) is 79.5 Å². The Morgan fingerprint density at radius 1 is 1.35 bits per heavy atom. The van der Waals surface area contributed by atoms with E-state index in [0.29, 0.717) is 30.6 Å².